The maximum Gasteiger partial charge on any atom is 0.0947 e. The first-order valence-electron chi connectivity index (χ1n) is 5.40. The van der Waals surface area contributed by atoms with Crippen LogP contribution in [0.3, 0.4) is 0 Å². The van der Waals surface area contributed by atoms with E-state index in [-0.39, 0.29) is 6.04 Å². The Labute approximate surface area is 86.3 Å². The lowest BCUT2D eigenvalue weighted by Gasteiger charge is -2.16. The second-order valence-electron chi connectivity index (χ2n) is 3.99. The van der Waals surface area contributed by atoms with Crippen LogP contribution in [0.25, 0.3) is 0 Å². The molecule has 0 spiro atoms. The molecule has 0 saturated heterocycles. The van der Waals surface area contributed by atoms with Crippen LogP contribution in [0.1, 0.15) is 44.8 Å². The van der Waals surface area contributed by atoms with Gasteiger partial charge in [-0.2, -0.15) is 0 Å². The molecule has 14 heavy (non-hydrogen) atoms. The van der Waals surface area contributed by atoms with E-state index in [2.05, 4.69) is 18.8 Å². The van der Waals surface area contributed by atoms with Crippen LogP contribution in [0.2, 0.25) is 0 Å². The molecule has 80 valence electrons. The maximum atomic E-state index is 6.08. The Bertz CT molecular complexity index is 263. The molecule has 1 aromatic rings. The van der Waals surface area contributed by atoms with Crippen molar-refractivity contribution < 1.29 is 0 Å². The molecule has 1 heterocycles. The van der Waals surface area contributed by atoms with E-state index in [1.165, 1.54) is 12.8 Å². The first-order valence-corrected chi connectivity index (χ1v) is 5.40. The van der Waals surface area contributed by atoms with E-state index in [4.69, 9.17) is 5.73 Å². The summed E-state index contributed by atoms with van der Waals surface area (Å²) >= 11 is 0. The van der Waals surface area contributed by atoms with Crippen LogP contribution >= 0.6 is 0 Å². The first-order chi connectivity index (χ1) is 6.67. The van der Waals surface area contributed by atoms with Crippen LogP contribution < -0.4 is 5.73 Å². The van der Waals surface area contributed by atoms with Crippen LogP contribution in [0.4, 0.5) is 0 Å². The molecule has 1 atom stereocenters. The fourth-order valence-electron chi connectivity index (χ4n) is 1.73. The molecule has 3 heteroatoms. The number of hydrogen-bond donors (Lipinski definition) is 1. The number of aromatic nitrogens is 2. The lowest BCUT2D eigenvalue weighted by atomic mass is 9.94. The molecule has 1 unspecified atom stereocenters. The van der Waals surface area contributed by atoms with Gasteiger partial charge in [-0.25, -0.2) is 4.98 Å². The van der Waals surface area contributed by atoms with E-state index in [1.807, 2.05) is 24.1 Å². The summed E-state index contributed by atoms with van der Waals surface area (Å²) in [4.78, 5) is 4.28. The van der Waals surface area contributed by atoms with Gasteiger partial charge < -0.3 is 10.3 Å². The largest absolute Gasteiger partial charge is 0.340 e. The Morgan fingerprint density at radius 3 is 2.50 bits per heavy atom. The SMILES string of the molecule is CCC(CC)CC(N)c1cn(C)cn1. The van der Waals surface area contributed by atoms with Crippen molar-refractivity contribution in [1.82, 2.24) is 9.55 Å². The van der Waals surface area contributed by atoms with Crippen molar-refractivity contribution in [3.63, 3.8) is 0 Å². The lowest BCUT2D eigenvalue weighted by molar-refractivity contribution is 0.411. The van der Waals surface area contributed by atoms with Gasteiger partial charge in [0.15, 0.2) is 0 Å². The summed E-state index contributed by atoms with van der Waals surface area (Å²) in [5, 5.41) is 0. The minimum atomic E-state index is 0.0982. The molecule has 3 nitrogen and oxygen atoms in total. The third-order valence-electron chi connectivity index (χ3n) is 2.85. The van der Waals surface area contributed by atoms with Gasteiger partial charge in [0.1, 0.15) is 0 Å². The Balaban J connectivity index is 2.53. The van der Waals surface area contributed by atoms with Gasteiger partial charge in [-0.15, -0.1) is 0 Å². The zero-order valence-corrected chi connectivity index (χ0v) is 9.40. The maximum absolute atomic E-state index is 6.08. The zero-order chi connectivity index (χ0) is 10.6. The van der Waals surface area contributed by atoms with Gasteiger partial charge >= 0.3 is 0 Å². The average Bonchev–Trinajstić information content (AvgIpc) is 2.61. The Morgan fingerprint density at radius 1 is 1.43 bits per heavy atom. The van der Waals surface area contributed by atoms with Gasteiger partial charge in [0.05, 0.1) is 12.0 Å². The molecule has 0 aliphatic carbocycles. The van der Waals surface area contributed by atoms with E-state index >= 15 is 0 Å². The minimum Gasteiger partial charge on any atom is -0.340 e. The fourth-order valence-corrected chi connectivity index (χ4v) is 1.73. The average molecular weight is 195 g/mol. The summed E-state index contributed by atoms with van der Waals surface area (Å²) in [5.41, 5.74) is 7.10. The molecule has 0 bridgehead atoms. The van der Waals surface area contributed by atoms with E-state index in [9.17, 15) is 0 Å². The highest BCUT2D eigenvalue weighted by atomic mass is 15.0. The minimum absolute atomic E-state index is 0.0982. The topological polar surface area (TPSA) is 43.8 Å². The third kappa shape index (κ3) is 2.84. The van der Waals surface area contributed by atoms with Crippen LogP contribution in [0.5, 0.6) is 0 Å². The van der Waals surface area contributed by atoms with Gasteiger partial charge in [-0.05, 0) is 12.3 Å². The molecule has 0 aliphatic rings. The fraction of sp³-hybridized carbons (Fsp3) is 0.727. The molecular formula is C11H21N3. The van der Waals surface area contributed by atoms with Gasteiger partial charge in [-0.1, -0.05) is 26.7 Å². The van der Waals surface area contributed by atoms with Crippen molar-refractivity contribution in [3.05, 3.63) is 18.2 Å². The van der Waals surface area contributed by atoms with Crippen molar-refractivity contribution in [2.75, 3.05) is 0 Å². The monoisotopic (exact) mass is 195 g/mol. The highest BCUT2D eigenvalue weighted by Crippen LogP contribution is 2.21. The van der Waals surface area contributed by atoms with Crippen LogP contribution in [0.15, 0.2) is 12.5 Å². The highest BCUT2D eigenvalue weighted by molar-refractivity contribution is 5.02. The predicted octanol–water partition coefficient (Wildman–Crippen LogP) is 2.25. The Hall–Kier alpha value is -0.830. The van der Waals surface area contributed by atoms with Crippen molar-refractivity contribution >= 4 is 0 Å². The van der Waals surface area contributed by atoms with Crippen molar-refractivity contribution in [2.24, 2.45) is 18.7 Å². The van der Waals surface area contributed by atoms with E-state index in [0.717, 1.165) is 18.0 Å². The molecule has 1 aromatic heterocycles. The number of rotatable bonds is 5. The van der Waals surface area contributed by atoms with Gasteiger partial charge in [0.2, 0.25) is 0 Å². The summed E-state index contributed by atoms with van der Waals surface area (Å²) < 4.78 is 1.95. The Kier molecular flexibility index (Phi) is 4.14. The molecule has 0 amide bonds. The van der Waals surface area contributed by atoms with Gasteiger partial charge in [0, 0.05) is 19.3 Å². The third-order valence-corrected chi connectivity index (χ3v) is 2.85. The number of nitrogens with zero attached hydrogens (tertiary/aromatic N) is 2. The standard InChI is InChI=1S/C11H21N3/c1-4-9(5-2)6-10(12)11-7-14(3)8-13-11/h7-10H,4-6,12H2,1-3H3. The zero-order valence-electron chi connectivity index (χ0n) is 9.40. The Morgan fingerprint density at radius 2 is 2.07 bits per heavy atom. The van der Waals surface area contributed by atoms with Crippen LogP contribution in [0, 0.1) is 5.92 Å². The number of imidazole rings is 1. The van der Waals surface area contributed by atoms with Gasteiger partial charge in [-0.3, -0.25) is 0 Å². The lowest BCUT2D eigenvalue weighted by Crippen LogP contribution is -2.15. The molecule has 1 rings (SSSR count). The summed E-state index contributed by atoms with van der Waals surface area (Å²) in [6.45, 7) is 4.44. The molecule has 0 aliphatic heterocycles. The smallest absolute Gasteiger partial charge is 0.0947 e. The molecule has 0 fully saturated rings. The summed E-state index contributed by atoms with van der Waals surface area (Å²) in [6, 6.07) is 0.0982. The molecular weight excluding hydrogens is 174 g/mol. The van der Waals surface area contributed by atoms with Crippen molar-refractivity contribution in [3.8, 4) is 0 Å². The number of hydrogen-bond acceptors (Lipinski definition) is 2. The van der Waals surface area contributed by atoms with E-state index in [1.54, 1.807) is 0 Å². The van der Waals surface area contributed by atoms with Crippen LogP contribution in [-0.4, -0.2) is 9.55 Å². The summed E-state index contributed by atoms with van der Waals surface area (Å²) in [5.74, 6) is 0.729. The summed E-state index contributed by atoms with van der Waals surface area (Å²) in [7, 11) is 1.97. The second kappa shape index (κ2) is 5.15. The summed E-state index contributed by atoms with van der Waals surface area (Å²) in [6.07, 6.45) is 7.27. The molecule has 0 saturated carbocycles. The first kappa shape index (κ1) is 11.2. The molecule has 0 radical (unpaired) electrons. The molecule has 0 aromatic carbocycles. The van der Waals surface area contributed by atoms with Crippen molar-refractivity contribution in [1.29, 1.82) is 0 Å². The van der Waals surface area contributed by atoms with Crippen LogP contribution in [-0.2, 0) is 7.05 Å². The molecule has 2 N–H and O–H groups in total. The number of nitrogens with two attached hydrogens (primary N) is 1. The van der Waals surface area contributed by atoms with Crippen molar-refractivity contribution in [2.45, 2.75) is 39.2 Å². The van der Waals surface area contributed by atoms with Gasteiger partial charge in [0.25, 0.3) is 0 Å². The number of aryl methyl sites for hydroxylation is 1. The predicted molar refractivity (Wildman–Crippen MR) is 58.8 cm³/mol. The highest BCUT2D eigenvalue weighted by Gasteiger charge is 2.13. The quantitative estimate of drug-likeness (QED) is 0.783. The normalized spacial score (nSPS) is 13.5. The van der Waals surface area contributed by atoms with E-state index in [0.29, 0.717) is 0 Å². The second-order valence-corrected chi connectivity index (χ2v) is 3.99. The van der Waals surface area contributed by atoms with E-state index < -0.39 is 0 Å².